The molecule has 2 rings (SSSR count). The van der Waals surface area contributed by atoms with Crippen LogP contribution < -0.4 is 0 Å². The first-order valence-electron chi connectivity index (χ1n) is 4.49. The normalized spacial score (nSPS) is 16.6. The topological polar surface area (TPSA) is 9.23 Å². The zero-order chi connectivity index (χ0) is 9.97. The summed E-state index contributed by atoms with van der Waals surface area (Å²) in [6, 6.07) is 6.00. The van der Waals surface area contributed by atoms with Crippen LogP contribution in [-0.4, -0.2) is 13.2 Å². The first-order valence-corrected chi connectivity index (χ1v) is 5.95. The zero-order valence-electron chi connectivity index (χ0n) is 7.59. The lowest BCUT2D eigenvalue weighted by Gasteiger charge is -2.15. The summed E-state index contributed by atoms with van der Waals surface area (Å²) in [6.07, 6.45) is 3.12. The lowest BCUT2D eigenvalue weighted by atomic mass is 10.0. The molecule has 1 aromatic carbocycles. The average Bonchev–Trinajstić information content (AvgIpc) is 2.23. The van der Waals surface area contributed by atoms with Crippen LogP contribution in [-0.2, 0) is 4.74 Å². The van der Waals surface area contributed by atoms with Crippen LogP contribution in [0.15, 0.2) is 24.3 Å². The number of halogens is 2. The number of benzene rings is 1. The highest BCUT2D eigenvalue weighted by molar-refractivity contribution is 14.1. The van der Waals surface area contributed by atoms with Crippen LogP contribution >= 0.6 is 34.2 Å². The van der Waals surface area contributed by atoms with Gasteiger partial charge in [0.1, 0.15) is 0 Å². The number of ether oxygens (including phenoxy) is 1. The molecule has 0 unspecified atom stereocenters. The van der Waals surface area contributed by atoms with Crippen molar-refractivity contribution in [2.24, 2.45) is 0 Å². The maximum Gasteiger partial charge on any atom is 0.0653 e. The summed E-state index contributed by atoms with van der Waals surface area (Å²) in [6.45, 7) is 1.53. The van der Waals surface area contributed by atoms with Gasteiger partial charge < -0.3 is 4.74 Å². The lowest BCUT2D eigenvalue weighted by Crippen LogP contribution is -2.04. The molecule has 1 aromatic rings. The van der Waals surface area contributed by atoms with E-state index in [-0.39, 0.29) is 0 Å². The van der Waals surface area contributed by atoms with Crippen molar-refractivity contribution in [2.45, 2.75) is 6.42 Å². The summed E-state index contributed by atoms with van der Waals surface area (Å²) in [4.78, 5) is 0. The Balaban J connectivity index is 2.39. The third-order valence-electron chi connectivity index (χ3n) is 2.24. The van der Waals surface area contributed by atoms with E-state index in [1.165, 1.54) is 14.7 Å². The van der Waals surface area contributed by atoms with E-state index in [0.29, 0.717) is 0 Å². The molecular formula is C11H10ClIO. The van der Waals surface area contributed by atoms with Crippen LogP contribution in [0.4, 0.5) is 0 Å². The van der Waals surface area contributed by atoms with Gasteiger partial charge in [0.2, 0.25) is 0 Å². The van der Waals surface area contributed by atoms with Crippen molar-refractivity contribution < 1.29 is 4.74 Å². The first kappa shape index (κ1) is 10.5. The van der Waals surface area contributed by atoms with Gasteiger partial charge in [-0.2, -0.15) is 0 Å². The second-order valence-corrected chi connectivity index (χ2v) is 4.78. The molecule has 1 aliphatic rings. The minimum Gasteiger partial charge on any atom is -0.377 e. The molecule has 0 saturated carbocycles. The smallest absolute Gasteiger partial charge is 0.0653 e. The van der Waals surface area contributed by atoms with Gasteiger partial charge in [0.15, 0.2) is 0 Å². The second kappa shape index (κ2) is 4.64. The van der Waals surface area contributed by atoms with Gasteiger partial charge in [-0.3, -0.25) is 0 Å². The highest BCUT2D eigenvalue weighted by atomic mass is 127. The predicted octanol–water partition coefficient (Wildman–Crippen LogP) is 3.75. The maximum absolute atomic E-state index is 5.97. The maximum atomic E-state index is 5.97. The third kappa shape index (κ3) is 2.30. The van der Waals surface area contributed by atoms with Crippen molar-refractivity contribution in [1.29, 1.82) is 0 Å². The molecule has 3 heteroatoms. The van der Waals surface area contributed by atoms with Gasteiger partial charge in [-0.25, -0.2) is 0 Å². The van der Waals surface area contributed by atoms with Crippen molar-refractivity contribution in [3.63, 3.8) is 0 Å². The van der Waals surface area contributed by atoms with E-state index in [1.54, 1.807) is 0 Å². The molecular weight excluding hydrogens is 310 g/mol. The van der Waals surface area contributed by atoms with Crippen molar-refractivity contribution >= 4 is 39.8 Å². The molecule has 1 aliphatic heterocycles. The monoisotopic (exact) mass is 320 g/mol. The highest BCUT2D eigenvalue weighted by Gasteiger charge is 2.09. The van der Waals surface area contributed by atoms with E-state index in [1.807, 2.05) is 12.1 Å². The van der Waals surface area contributed by atoms with Gasteiger partial charge in [-0.15, -0.1) is 0 Å². The zero-order valence-corrected chi connectivity index (χ0v) is 10.5. The Bertz CT molecular complexity index is 374. The van der Waals surface area contributed by atoms with Gasteiger partial charge in [0.05, 0.1) is 13.2 Å². The van der Waals surface area contributed by atoms with E-state index in [9.17, 15) is 0 Å². The summed E-state index contributed by atoms with van der Waals surface area (Å²) in [7, 11) is 0. The fourth-order valence-electron chi connectivity index (χ4n) is 1.52. The van der Waals surface area contributed by atoms with Crippen molar-refractivity contribution in [3.8, 4) is 0 Å². The molecule has 0 amide bonds. The minimum atomic E-state index is 0.720. The van der Waals surface area contributed by atoms with Crippen LogP contribution in [0.5, 0.6) is 0 Å². The Morgan fingerprint density at radius 1 is 1.36 bits per heavy atom. The minimum absolute atomic E-state index is 0.720. The Morgan fingerprint density at radius 2 is 2.21 bits per heavy atom. The van der Waals surface area contributed by atoms with E-state index >= 15 is 0 Å². The van der Waals surface area contributed by atoms with Gasteiger partial charge >= 0.3 is 0 Å². The fourth-order valence-corrected chi connectivity index (χ4v) is 2.37. The standard InChI is InChI=1S/C11H10ClIO/c12-9-1-2-11(13)10(7-9)8-3-5-14-6-4-8/h1-3,7H,4-6H2. The molecule has 0 N–H and O–H groups in total. The molecule has 1 nitrogen and oxygen atoms in total. The Kier molecular flexibility index (Phi) is 3.47. The van der Waals surface area contributed by atoms with Crippen molar-refractivity contribution in [1.82, 2.24) is 0 Å². The van der Waals surface area contributed by atoms with Crippen LogP contribution in [0.2, 0.25) is 5.02 Å². The number of hydrogen-bond acceptors (Lipinski definition) is 1. The van der Waals surface area contributed by atoms with E-state index in [2.05, 4.69) is 34.7 Å². The summed E-state index contributed by atoms with van der Waals surface area (Å²) in [5.74, 6) is 0. The quantitative estimate of drug-likeness (QED) is 0.716. The molecule has 0 radical (unpaired) electrons. The average molecular weight is 321 g/mol. The molecule has 0 aliphatic carbocycles. The fraction of sp³-hybridized carbons (Fsp3) is 0.273. The largest absolute Gasteiger partial charge is 0.377 e. The first-order chi connectivity index (χ1) is 6.77. The molecule has 1 heterocycles. The molecule has 0 saturated heterocycles. The summed E-state index contributed by atoms with van der Waals surface area (Å²) in [5.41, 5.74) is 2.60. The Labute approximate surface area is 102 Å². The lowest BCUT2D eigenvalue weighted by molar-refractivity contribution is 0.161. The third-order valence-corrected chi connectivity index (χ3v) is 3.41. The Morgan fingerprint density at radius 3 is 2.93 bits per heavy atom. The highest BCUT2D eigenvalue weighted by Crippen LogP contribution is 2.28. The van der Waals surface area contributed by atoms with Gasteiger partial charge in [0.25, 0.3) is 0 Å². The SMILES string of the molecule is Clc1ccc(I)c(C2=CCOCC2)c1. The van der Waals surface area contributed by atoms with E-state index in [4.69, 9.17) is 16.3 Å². The molecule has 0 bridgehead atoms. The van der Waals surface area contributed by atoms with Crippen molar-refractivity contribution in [2.75, 3.05) is 13.2 Å². The predicted molar refractivity (Wildman–Crippen MR) is 67.6 cm³/mol. The van der Waals surface area contributed by atoms with Crippen LogP contribution in [0, 0.1) is 3.57 Å². The van der Waals surface area contributed by atoms with E-state index in [0.717, 1.165) is 24.7 Å². The number of rotatable bonds is 1. The summed E-state index contributed by atoms with van der Waals surface area (Å²) >= 11 is 8.31. The van der Waals surface area contributed by atoms with Crippen LogP contribution in [0.3, 0.4) is 0 Å². The molecule has 14 heavy (non-hydrogen) atoms. The van der Waals surface area contributed by atoms with Crippen molar-refractivity contribution in [3.05, 3.63) is 38.4 Å². The molecule has 0 spiro atoms. The van der Waals surface area contributed by atoms with Crippen LogP contribution in [0.25, 0.3) is 5.57 Å². The molecule has 0 atom stereocenters. The summed E-state index contributed by atoms with van der Waals surface area (Å²) < 4.78 is 6.53. The summed E-state index contributed by atoms with van der Waals surface area (Å²) in [5, 5.41) is 0.799. The van der Waals surface area contributed by atoms with Gasteiger partial charge in [-0.05, 0) is 58.3 Å². The van der Waals surface area contributed by atoms with Gasteiger partial charge in [-0.1, -0.05) is 17.7 Å². The van der Waals surface area contributed by atoms with E-state index < -0.39 is 0 Å². The molecule has 0 fully saturated rings. The number of hydrogen-bond donors (Lipinski definition) is 0. The second-order valence-electron chi connectivity index (χ2n) is 3.18. The Hall–Kier alpha value is -0.0600. The molecule has 74 valence electrons. The molecule has 0 aromatic heterocycles. The van der Waals surface area contributed by atoms with Gasteiger partial charge in [0, 0.05) is 8.59 Å². The van der Waals surface area contributed by atoms with Crippen LogP contribution in [0.1, 0.15) is 12.0 Å².